The fraction of sp³-hybridized carbons (Fsp3) is 0.333. The molecule has 1 aromatic carbocycles. The molecule has 0 unspecified atom stereocenters. The number of alkyl halides is 3. The standard InChI is InChI=1S/C21H19F5N4O3/c22-14-7-12(30-20(31)29-9-11-2-5-32-6-3-11)8-15(23)18(14)33-16-1-4-27-19-17(16)13(10-28-19)21(24,25)26/h1,4,7-8,10-11H,2-3,5-6,9H2,(H,27,28)(H2,29,30,31). The molecule has 3 N–H and O–H groups in total. The average molecular weight is 470 g/mol. The minimum absolute atomic E-state index is 0.153. The van der Waals surface area contributed by atoms with E-state index in [-0.39, 0.29) is 17.3 Å². The van der Waals surface area contributed by atoms with Crippen molar-refractivity contribution in [2.24, 2.45) is 5.92 Å². The zero-order valence-corrected chi connectivity index (χ0v) is 17.1. The summed E-state index contributed by atoms with van der Waals surface area (Å²) in [6, 6.07) is 2.05. The Morgan fingerprint density at radius 1 is 1.21 bits per heavy atom. The number of ether oxygens (including phenoxy) is 2. The van der Waals surface area contributed by atoms with Crippen LogP contribution in [0.25, 0.3) is 11.0 Å². The maximum absolute atomic E-state index is 14.6. The summed E-state index contributed by atoms with van der Waals surface area (Å²) in [6.45, 7) is 1.61. The maximum Gasteiger partial charge on any atom is 0.418 e. The predicted octanol–water partition coefficient (Wildman–Crippen LogP) is 5.20. The van der Waals surface area contributed by atoms with Gasteiger partial charge in [-0.05, 0) is 24.8 Å². The third-order valence-electron chi connectivity index (χ3n) is 5.20. The zero-order chi connectivity index (χ0) is 23.6. The van der Waals surface area contributed by atoms with Crippen LogP contribution in [0.2, 0.25) is 0 Å². The highest BCUT2D eigenvalue weighted by Crippen LogP contribution is 2.40. The topological polar surface area (TPSA) is 88.3 Å². The summed E-state index contributed by atoms with van der Waals surface area (Å²) in [4.78, 5) is 18.2. The van der Waals surface area contributed by atoms with Crippen LogP contribution in [0.3, 0.4) is 0 Å². The Labute approximate surface area is 184 Å². The number of hydrogen-bond acceptors (Lipinski definition) is 4. The molecule has 0 atom stereocenters. The molecule has 0 bridgehead atoms. The molecule has 0 aliphatic carbocycles. The van der Waals surface area contributed by atoms with E-state index in [0.717, 1.165) is 37.2 Å². The van der Waals surface area contributed by atoms with Crippen LogP contribution in [0, 0.1) is 17.6 Å². The summed E-state index contributed by atoms with van der Waals surface area (Å²) >= 11 is 0. The van der Waals surface area contributed by atoms with Crippen molar-refractivity contribution in [1.29, 1.82) is 0 Å². The van der Waals surface area contributed by atoms with Gasteiger partial charge in [-0.3, -0.25) is 0 Å². The lowest BCUT2D eigenvalue weighted by molar-refractivity contribution is -0.136. The zero-order valence-electron chi connectivity index (χ0n) is 17.1. The Hall–Kier alpha value is -3.41. The van der Waals surface area contributed by atoms with E-state index in [4.69, 9.17) is 9.47 Å². The average Bonchev–Trinajstić information content (AvgIpc) is 3.21. The van der Waals surface area contributed by atoms with Crippen LogP contribution in [0.5, 0.6) is 11.5 Å². The molecule has 1 aliphatic heterocycles. The van der Waals surface area contributed by atoms with E-state index in [1.807, 2.05) is 0 Å². The number of urea groups is 1. The van der Waals surface area contributed by atoms with Crippen molar-refractivity contribution in [1.82, 2.24) is 15.3 Å². The van der Waals surface area contributed by atoms with E-state index in [1.54, 1.807) is 0 Å². The Morgan fingerprint density at radius 2 is 1.91 bits per heavy atom. The number of hydrogen-bond donors (Lipinski definition) is 3. The van der Waals surface area contributed by atoms with Gasteiger partial charge in [-0.2, -0.15) is 13.2 Å². The number of halogens is 5. The lowest BCUT2D eigenvalue weighted by Crippen LogP contribution is -2.35. The molecule has 1 fully saturated rings. The molecular weight excluding hydrogens is 451 g/mol. The highest BCUT2D eigenvalue weighted by atomic mass is 19.4. The van der Waals surface area contributed by atoms with Gasteiger partial charge in [-0.15, -0.1) is 0 Å². The number of carbonyl (C=O) groups is 1. The summed E-state index contributed by atoms with van der Waals surface area (Å²) in [5.41, 5.74) is -1.42. The number of H-pyrrole nitrogens is 1. The molecule has 3 aromatic rings. The number of benzene rings is 1. The van der Waals surface area contributed by atoms with Crippen molar-refractivity contribution >= 4 is 22.8 Å². The molecule has 12 heteroatoms. The number of nitrogens with zero attached hydrogens (tertiary/aromatic N) is 1. The van der Waals surface area contributed by atoms with Gasteiger partial charge in [-0.1, -0.05) is 0 Å². The number of carbonyl (C=O) groups excluding carboxylic acids is 1. The van der Waals surface area contributed by atoms with E-state index in [2.05, 4.69) is 20.6 Å². The third-order valence-corrected chi connectivity index (χ3v) is 5.20. The second kappa shape index (κ2) is 9.22. The van der Waals surface area contributed by atoms with Gasteiger partial charge < -0.3 is 25.1 Å². The van der Waals surface area contributed by atoms with E-state index >= 15 is 0 Å². The minimum Gasteiger partial charge on any atom is -0.450 e. The molecule has 2 amide bonds. The fourth-order valence-electron chi connectivity index (χ4n) is 3.54. The highest BCUT2D eigenvalue weighted by molar-refractivity contribution is 5.89. The molecule has 0 radical (unpaired) electrons. The SMILES string of the molecule is O=C(NCC1CCOCC1)Nc1cc(F)c(Oc2ccnc3[nH]cc(C(F)(F)F)c23)c(F)c1. The van der Waals surface area contributed by atoms with Crippen molar-refractivity contribution < 1.29 is 36.2 Å². The molecule has 176 valence electrons. The van der Waals surface area contributed by atoms with E-state index < -0.39 is 46.3 Å². The van der Waals surface area contributed by atoms with Gasteiger partial charge >= 0.3 is 12.2 Å². The number of aromatic nitrogens is 2. The first kappa shape index (κ1) is 22.8. The van der Waals surface area contributed by atoms with Gasteiger partial charge in [-0.25, -0.2) is 18.6 Å². The molecule has 0 spiro atoms. The molecule has 33 heavy (non-hydrogen) atoms. The van der Waals surface area contributed by atoms with Crippen LogP contribution in [-0.4, -0.2) is 35.8 Å². The van der Waals surface area contributed by atoms with Gasteiger partial charge in [0.15, 0.2) is 17.4 Å². The summed E-state index contributed by atoms with van der Waals surface area (Å²) in [7, 11) is 0. The molecular formula is C21H19F5N4O3. The number of nitrogens with one attached hydrogen (secondary N) is 3. The first-order chi connectivity index (χ1) is 15.7. The predicted molar refractivity (Wildman–Crippen MR) is 108 cm³/mol. The summed E-state index contributed by atoms with van der Waals surface area (Å²) < 4.78 is 79.4. The molecule has 3 heterocycles. The molecule has 1 aliphatic rings. The van der Waals surface area contributed by atoms with Gasteiger partial charge in [0.05, 0.1) is 10.9 Å². The first-order valence-corrected chi connectivity index (χ1v) is 10.0. The quantitative estimate of drug-likeness (QED) is 0.448. The van der Waals surface area contributed by atoms with E-state index in [0.29, 0.717) is 26.0 Å². The van der Waals surface area contributed by atoms with Crippen LogP contribution in [0.1, 0.15) is 18.4 Å². The Morgan fingerprint density at radius 3 is 2.58 bits per heavy atom. The molecule has 4 rings (SSSR count). The molecule has 7 nitrogen and oxygen atoms in total. The van der Waals surface area contributed by atoms with Crippen LogP contribution < -0.4 is 15.4 Å². The van der Waals surface area contributed by atoms with Gasteiger partial charge in [0.1, 0.15) is 11.4 Å². The smallest absolute Gasteiger partial charge is 0.418 e. The van der Waals surface area contributed by atoms with Crippen LogP contribution in [-0.2, 0) is 10.9 Å². The molecule has 1 saturated heterocycles. The number of amides is 2. The minimum atomic E-state index is -4.73. The van der Waals surface area contributed by atoms with Crippen molar-refractivity contribution in [2.45, 2.75) is 19.0 Å². The van der Waals surface area contributed by atoms with Crippen molar-refractivity contribution in [3.05, 3.63) is 47.8 Å². The Balaban J connectivity index is 1.50. The summed E-state index contributed by atoms with van der Waals surface area (Å²) in [5, 5.41) is 4.50. The summed E-state index contributed by atoms with van der Waals surface area (Å²) in [5.74, 6) is -3.50. The lowest BCUT2D eigenvalue weighted by Gasteiger charge is -2.22. The second-order valence-electron chi connectivity index (χ2n) is 7.49. The van der Waals surface area contributed by atoms with Crippen molar-refractivity contribution in [3.8, 4) is 11.5 Å². The Kier molecular flexibility index (Phi) is 6.36. The van der Waals surface area contributed by atoms with Crippen molar-refractivity contribution in [2.75, 3.05) is 25.1 Å². The number of fused-ring (bicyclic) bond motifs is 1. The van der Waals surface area contributed by atoms with Crippen molar-refractivity contribution in [3.63, 3.8) is 0 Å². The highest BCUT2D eigenvalue weighted by Gasteiger charge is 2.35. The van der Waals surface area contributed by atoms with E-state index in [1.165, 1.54) is 0 Å². The lowest BCUT2D eigenvalue weighted by atomic mass is 10.0. The molecule has 0 saturated carbocycles. The van der Waals surface area contributed by atoms with Gasteiger partial charge in [0.25, 0.3) is 0 Å². The van der Waals surface area contributed by atoms with Gasteiger partial charge in [0.2, 0.25) is 0 Å². The monoisotopic (exact) mass is 470 g/mol. The number of rotatable bonds is 5. The van der Waals surface area contributed by atoms with Gasteiger partial charge in [0, 0.05) is 50.0 Å². The normalized spacial score (nSPS) is 14.9. The Bertz CT molecular complexity index is 1140. The van der Waals surface area contributed by atoms with Crippen LogP contribution in [0.15, 0.2) is 30.6 Å². The molecule has 2 aromatic heterocycles. The summed E-state index contributed by atoms with van der Waals surface area (Å²) in [6.07, 6.45) is -1.29. The largest absolute Gasteiger partial charge is 0.450 e. The second-order valence-corrected chi connectivity index (χ2v) is 7.49. The van der Waals surface area contributed by atoms with Crippen LogP contribution in [0.4, 0.5) is 32.4 Å². The van der Waals surface area contributed by atoms with Crippen LogP contribution >= 0.6 is 0 Å². The fourth-order valence-corrected chi connectivity index (χ4v) is 3.54. The first-order valence-electron chi connectivity index (χ1n) is 10.0. The van der Waals surface area contributed by atoms with E-state index in [9.17, 15) is 26.7 Å². The number of pyridine rings is 1. The third kappa shape index (κ3) is 5.16. The maximum atomic E-state index is 14.6. The number of aromatic amines is 1. The number of anilines is 1.